The van der Waals surface area contributed by atoms with Gasteiger partial charge in [-0.1, -0.05) is 53.5 Å². The van der Waals surface area contributed by atoms with Crippen molar-refractivity contribution in [2.45, 2.75) is 38.3 Å². The summed E-state index contributed by atoms with van der Waals surface area (Å²) in [6, 6.07) is 15.0. The Bertz CT molecular complexity index is 1590. The van der Waals surface area contributed by atoms with Crippen molar-refractivity contribution in [1.82, 2.24) is 10.2 Å². The van der Waals surface area contributed by atoms with Crippen LogP contribution in [0.2, 0.25) is 5.02 Å². The normalized spacial score (nSPS) is 11.9. The fourth-order valence-corrected chi connectivity index (χ4v) is 6.39. The number of nitrogens with one attached hydrogen (secondary N) is 1. The summed E-state index contributed by atoms with van der Waals surface area (Å²) in [7, 11) is -0.221. The molecule has 0 fully saturated rings. The molecule has 0 aliphatic rings. The number of benzene rings is 3. The number of ether oxygens (including phenoxy) is 3. The molecule has 0 unspecified atom stereocenters. The third-order valence-corrected chi connectivity index (χ3v) is 9.21. The third-order valence-electron chi connectivity index (χ3n) is 6.73. The molecule has 13 heteroatoms. The van der Waals surface area contributed by atoms with Crippen molar-refractivity contribution >= 4 is 55.1 Å². The molecule has 0 heterocycles. The van der Waals surface area contributed by atoms with Gasteiger partial charge in [0.1, 0.15) is 18.3 Å². The summed E-state index contributed by atoms with van der Waals surface area (Å²) in [5.74, 6) is -0.106. The molecule has 1 N–H and O–H groups in total. The molecule has 1 atom stereocenters. The largest absolute Gasteiger partial charge is 0.495 e. The van der Waals surface area contributed by atoms with Gasteiger partial charge in [-0.25, -0.2) is 8.42 Å². The van der Waals surface area contributed by atoms with Gasteiger partial charge in [0.15, 0.2) is 11.5 Å². The molecule has 3 aromatic carbocycles. The molecule has 44 heavy (non-hydrogen) atoms. The number of nitrogens with zero attached hydrogens (tertiary/aromatic N) is 2. The number of rotatable bonds is 14. The molecule has 2 amide bonds. The number of anilines is 1. The number of sulfonamides is 1. The highest BCUT2D eigenvalue weighted by Crippen LogP contribution is 2.37. The van der Waals surface area contributed by atoms with Gasteiger partial charge in [-0.2, -0.15) is 0 Å². The summed E-state index contributed by atoms with van der Waals surface area (Å²) in [6.45, 7) is 5.34. The minimum atomic E-state index is -4.43. The minimum absolute atomic E-state index is 0.0439. The van der Waals surface area contributed by atoms with Crippen LogP contribution in [-0.2, 0) is 26.2 Å². The molecule has 0 aliphatic carbocycles. The number of halogens is 2. The third kappa shape index (κ3) is 8.58. The molecule has 238 valence electrons. The monoisotopic (exact) mass is 709 g/mol. The van der Waals surface area contributed by atoms with E-state index in [4.69, 9.17) is 25.8 Å². The maximum Gasteiger partial charge on any atom is 0.265 e. The van der Waals surface area contributed by atoms with E-state index < -0.39 is 28.5 Å². The first kappa shape index (κ1) is 35.0. The number of hydrogen-bond donors (Lipinski definition) is 1. The molecular formula is C31H37BrClN3O7S. The van der Waals surface area contributed by atoms with E-state index in [1.165, 1.54) is 56.6 Å². The van der Waals surface area contributed by atoms with Crippen molar-refractivity contribution in [3.63, 3.8) is 0 Å². The van der Waals surface area contributed by atoms with Gasteiger partial charge in [-0.05, 0) is 60.9 Å². The lowest BCUT2D eigenvalue weighted by Gasteiger charge is -2.32. The lowest BCUT2D eigenvalue weighted by Crippen LogP contribution is -2.51. The zero-order valence-electron chi connectivity index (χ0n) is 25.5. The summed E-state index contributed by atoms with van der Waals surface area (Å²) < 4.78 is 46.4. The predicted molar refractivity (Wildman–Crippen MR) is 174 cm³/mol. The van der Waals surface area contributed by atoms with Crippen LogP contribution in [0.3, 0.4) is 0 Å². The van der Waals surface area contributed by atoms with Gasteiger partial charge in [-0.3, -0.25) is 13.9 Å². The van der Waals surface area contributed by atoms with Crippen LogP contribution in [0, 0.1) is 5.92 Å². The first-order chi connectivity index (χ1) is 20.8. The number of amides is 2. The molecule has 3 aromatic rings. The summed E-state index contributed by atoms with van der Waals surface area (Å²) in [5, 5.41) is 3.10. The van der Waals surface area contributed by atoms with Gasteiger partial charge in [-0.15, -0.1) is 0 Å². The molecule has 0 radical (unpaired) electrons. The first-order valence-corrected chi connectivity index (χ1v) is 16.3. The van der Waals surface area contributed by atoms with Crippen LogP contribution in [0.15, 0.2) is 70.0 Å². The molecular weight excluding hydrogens is 674 g/mol. The molecule has 0 aliphatic heterocycles. The average Bonchev–Trinajstić information content (AvgIpc) is 3.00. The lowest BCUT2D eigenvalue weighted by molar-refractivity contribution is -0.139. The second kappa shape index (κ2) is 15.5. The smallest absolute Gasteiger partial charge is 0.265 e. The van der Waals surface area contributed by atoms with Gasteiger partial charge in [0, 0.05) is 28.7 Å². The van der Waals surface area contributed by atoms with E-state index in [0.717, 1.165) is 14.3 Å². The topological polar surface area (TPSA) is 114 Å². The number of hydrogen-bond acceptors (Lipinski definition) is 7. The fourth-order valence-electron chi connectivity index (χ4n) is 4.34. The van der Waals surface area contributed by atoms with Crippen molar-refractivity contribution in [2.75, 3.05) is 38.7 Å². The zero-order valence-corrected chi connectivity index (χ0v) is 28.6. The summed E-state index contributed by atoms with van der Waals surface area (Å²) in [6.07, 6.45) is 0. The Morgan fingerprint density at radius 2 is 1.57 bits per heavy atom. The summed E-state index contributed by atoms with van der Waals surface area (Å²) in [5.41, 5.74) is 0.785. The van der Waals surface area contributed by atoms with E-state index in [2.05, 4.69) is 21.2 Å². The van der Waals surface area contributed by atoms with E-state index in [-0.39, 0.29) is 45.5 Å². The van der Waals surface area contributed by atoms with Crippen LogP contribution >= 0.6 is 27.5 Å². The second-order valence-electron chi connectivity index (χ2n) is 10.3. The number of carbonyl (C=O) groups excluding carboxylic acids is 2. The standard InChI is InChI=1S/C31H37BrClN3O7S/c1-20(2)17-34-31(38)21(3)35(18-22-8-7-9-23(32)14-22)30(37)19-36(26-15-24(33)10-12-27(26)41-4)44(39,40)25-11-13-28(42-5)29(16-25)43-6/h7-16,20-21H,17-19H2,1-6H3,(H,34,38)/t21-/m0/s1. The fraction of sp³-hybridized carbons (Fsp3) is 0.355. The highest BCUT2D eigenvalue weighted by Gasteiger charge is 2.34. The molecule has 3 rings (SSSR count). The number of methoxy groups -OCH3 is 3. The van der Waals surface area contributed by atoms with Crippen LogP contribution in [0.25, 0.3) is 0 Å². The van der Waals surface area contributed by atoms with Crippen molar-refractivity contribution in [1.29, 1.82) is 0 Å². The van der Waals surface area contributed by atoms with Crippen molar-refractivity contribution < 1.29 is 32.2 Å². The van der Waals surface area contributed by atoms with Crippen LogP contribution in [0.4, 0.5) is 5.69 Å². The van der Waals surface area contributed by atoms with Crippen molar-refractivity contribution in [2.24, 2.45) is 5.92 Å². The maximum atomic E-state index is 14.3. The Hall–Kier alpha value is -3.48. The summed E-state index contributed by atoms with van der Waals surface area (Å²) in [4.78, 5) is 28.6. The van der Waals surface area contributed by atoms with Crippen LogP contribution in [-0.4, -0.2) is 65.6 Å². The molecule has 0 bridgehead atoms. The summed E-state index contributed by atoms with van der Waals surface area (Å²) >= 11 is 9.76. The van der Waals surface area contributed by atoms with Crippen molar-refractivity contribution in [3.05, 3.63) is 75.7 Å². The van der Waals surface area contributed by atoms with Crippen LogP contribution in [0.5, 0.6) is 17.2 Å². The van der Waals surface area contributed by atoms with Gasteiger partial charge in [0.2, 0.25) is 11.8 Å². The van der Waals surface area contributed by atoms with E-state index in [1.54, 1.807) is 13.0 Å². The van der Waals surface area contributed by atoms with Gasteiger partial charge < -0.3 is 24.4 Å². The van der Waals surface area contributed by atoms with Crippen molar-refractivity contribution in [3.8, 4) is 17.2 Å². The van der Waals surface area contributed by atoms with Crippen LogP contribution < -0.4 is 23.8 Å². The Morgan fingerprint density at radius 1 is 0.909 bits per heavy atom. The Balaban J connectivity index is 2.13. The Labute approximate surface area is 272 Å². The van der Waals surface area contributed by atoms with Crippen LogP contribution in [0.1, 0.15) is 26.3 Å². The first-order valence-electron chi connectivity index (χ1n) is 13.7. The highest BCUT2D eigenvalue weighted by atomic mass is 79.9. The molecule has 0 saturated heterocycles. The van der Waals surface area contributed by atoms with E-state index >= 15 is 0 Å². The lowest BCUT2D eigenvalue weighted by atomic mass is 10.1. The maximum absolute atomic E-state index is 14.3. The van der Waals surface area contributed by atoms with Gasteiger partial charge >= 0.3 is 0 Å². The SMILES string of the molecule is COc1ccc(S(=O)(=O)N(CC(=O)N(Cc2cccc(Br)c2)[C@@H](C)C(=O)NCC(C)C)c2cc(Cl)ccc2OC)cc1OC. The molecule has 0 aromatic heterocycles. The number of carbonyl (C=O) groups is 2. The highest BCUT2D eigenvalue weighted by molar-refractivity contribution is 9.10. The predicted octanol–water partition coefficient (Wildman–Crippen LogP) is 5.51. The molecule has 10 nitrogen and oxygen atoms in total. The Kier molecular flexibility index (Phi) is 12.3. The second-order valence-corrected chi connectivity index (χ2v) is 13.5. The Morgan fingerprint density at radius 3 is 2.18 bits per heavy atom. The zero-order chi connectivity index (χ0) is 32.6. The van der Waals surface area contributed by atoms with E-state index in [1.807, 2.05) is 38.1 Å². The molecule has 0 saturated carbocycles. The average molecular weight is 711 g/mol. The minimum Gasteiger partial charge on any atom is -0.495 e. The van der Waals surface area contributed by atoms with E-state index in [9.17, 15) is 18.0 Å². The van der Waals surface area contributed by atoms with E-state index in [0.29, 0.717) is 12.3 Å². The quantitative estimate of drug-likeness (QED) is 0.235. The van der Waals surface area contributed by atoms with Gasteiger partial charge in [0.05, 0.1) is 31.9 Å². The molecule has 0 spiro atoms. The van der Waals surface area contributed by atoms with Gasteiger partial charge in [0.25, 0.3) is 10.0 Å².